The molecule has 0 spiro atoms. The van der Waals surface area contributed by atoms with E-state index in [1.165, 1.54) is 16.8 Å². The molecular weight excluding hydrogens is 324 g/mol. The number of carbonyl (C=O) groups is 1. The van der Waals surface area contributed by atoms with Crippen LogP contribution in [0, 0.1) is 13.8 Å². The SMILES string of the molecule is Cc1n[nH]c(C)c1N1CCN(C(=O)CCn2ccc(=O)[nH]c2=O)CC1. The molecule has 0 aliphatic carbocycles. The maximum Gasteiger partial charge on any atom is 0.328 e. The highest BCUT2D eigenvalue weighted by atomic mass is 16.2. The fourth-order valence-corrected chi connectivity index (χ4v) is 3.18. The maximum atomic E-state index is 12.4. The number of amides is 1. The Hall–Kier alpha value is -2.84. The van der Waals surface area contributed by atoms with E-state index in [9.17, 15) is 14.4 Å². The summed E-state index contributed by atoms with van der Waals surface area (Å²) in [5.41, 5.74) is 2.20. The van der Waals surface area contributed by atoms with Gasteiger partial charge in [-0.25, -0.2) is 4.79 Å². The Labute approximate surface area is 144 Å². The highest BCUT2D eigenvalue weighted by molar-refractivity contribution is 5.76. The number of nitrogens with one attached hydrogen (secondary N) is 2. The standard InChI is InChI=1S/C16H22N6O3/c1-11-15(12(2)19-18-11)21-9-7-20(8-10-21)14(24)4-6-22-5-3-13(23)17-16(22)25/h3,5H,4,6-10H2,1-2H3,(H,18,19)(H,17,23,25). The summed E-state index contributed by atoms with van der Waals surface area (Å²) in [6.07, 6.45) is 1.65. The van der Waals surface area contributed by atoms with Gasteiger partial charge in [0.1, 0.15) is 0 Å². The topological polar surface area (TPSA) is 107 Å². The smallest absolute Gasteiger partial charge is 0.328 e. The van der Waals surface area contributed by atoms with E-state index >= 15 is 0 Å². The number of anilines is 1. The minimum atomic E-state index is -0.490. The first-order valence-corrected chi connectivity index (χ1v) is 8.30. The second-order valence-corrected chi connectivity index (χ2v) is 6.20. The lowest BCUT2D eigenvalue weighted by molar-refractivity contribution is -0.131. The van der Waals surface area contributed by atoms with Crippen LogP contribution >= 0.6 is 0 Å². The molecule has 0 aromatic carbocycles. The first-order valence-electron chi connectivity index (χ1n) is 8.30. The zero-order valence-corrected chi connectivity index (χ0v) is 14.4. The Balaban J connectivity index is 1.55. The van der Waals surface area contributed by atoms with Crippen molar-refractivity contribution in [2.45, 2.75) is 26.8 Å². The van der Waals surface area contributed by atoms with Gasteiger partial charge in [0.2, 0.25) is 5.91 Å². The van der Waals surface area contributed by atoms with E-state index in [4.69, 9.17) is 0 Å². The third-order valence-electron chi connectivity index (χ3n) is 4.50. The minimum absolute atomic E-state index is 0.0124. The molecule has 0 saturated carbocycles. The van der Waals surface area contributed by atoms with Crippen molar-refractivity contribution in [3.8, 4) is 0 Å². The lowest BCUT2D eigenvalue weighted by Gasteiger charge is -2.36. The highest BCUT2D eigenvalue weighted by Gasteiger charge is 2.23. The summed E-state index contributed by atoms with van der Waals surface area (Å²) >= 11 is 0. The minimum Gasteiger partial charge on any atom is -0.365 e. The molecule has 1 aliphatic rings. The molecule has 0 bridgehead atoms. The van der Waals surface area contributed by atoms with E-state index < -0.39 is 11.2 Å². The highest BCUT2D eigenvalue weighted by Crippen LogP contribution is 2.23. The number of aromatic nitrogens is 4. The van der Waals surface area contributed by atoms with Gasteiger partial charge in [0.05, 0.1) is 17.1 Å². The lowest BCUT2D eigenvalue weighted by atomic mass is 10.2. The molecule has 3 rings (SSSR count). The van der Waals surface area contributed by atoms with Crippen LogP contribution in [0.4, 0.5) is 5.69 Å². The second kappa shape index (κ2) is 6.96. The quantitative estimate of drug-likeness (QED) is 0.784. The average molecular weight is 346 g/mol. The number of rotatable bonds is 4. The lowest BCUT2D eigenvalue weighted by Crippen LogP contribution is -2.49. The van der Waals surface area contributed by atoms with Crippen molar-refractivity contribution < 1.29 is 4.79 Å². The van der Waals surface area contributed by atoms with Gasteiger partial charge in [-0.15, -0.1) is 0 Å². The summed E-state index contributed by atoms with van der Waals surface area (Å²) in [7, 11) is 0. The van der Waals surface area contributed by atoms with Crippen molar-refractivity contribution in [1.82, 2.24) is 24.6 Å². The van der Waals surface area contributed by atoms with Crippen LogP contribution in [0.3, 0.4) is 0 Å². The molecule has 0 radical (unpaired) electrons. The fourth-order valence-electron chi connectivity index (χ4n) is 3.18. The monoisotopic (exact) mass is 346 g/mol. The first-order chi connectivity index (χ1) is 12.0. The normalized spacial score (nSPS) is 14.8. The van der Waals surface area contributed by atoms with Gasteiger partial charge in [0.15, 0.2) is 0 Å². The van der Waals surface area contributed by atoms with E-state index in [0.717, 1.165) is 30.2 Å². The zero-order chi connectivity index (χ0) is 18.0. The van der Waals surface area contributed by atoms with Crippen molar-refractivity contribution in [1.29, 1.82) is 0 Å². The third-order valence-corrected chi connectivity index (χ3v) is 4.50. The molecule has 9 heteroatoms. The Morgan fingerprint density at radius 3 is 2.52 bits per heavy atom. The molecule has 1 fully saturated rings. The largest absolute Gasteiger partial charge is 0.365 e. The number of carbonyl (C=O) groups excluding carboxylic acids is 1. The predicted molar refractivity (Wildman–Crippen MR) is 92.8 cm³/mol. The summed E-state index contributed by atoms with van der Waals surface area (Å²) in [5.74, 6) is 0.0124. The van der Waals surface area contributed by atoms with Crippen molar-refractivity contribution in [2.24, 2.45) is 0 Å². The Bertz CT molecular complexity index is 853. The van der Waals surface area contributed by atoms with E-state index in [2.05, 4.69) is 20.1 Å². The number of H-pyrrole nitrogens is 2. The van der Waals surface area contributed by atoms with Gasteiger partial charge in [-0.1, -0.05) is 0 Å². The van der Waals surface area contributed by atoms with Gasteiger partial charge in [-0.05, 0) is 13.8 Å². The molecule has 2 aromatic rings. The van der Waals surface area contributed by atoms with Crippen molar-refractivity contribution in [2.75, 3.05) is 31.1 Å². The molecule has 25 heavy (non-hydrogen) atoms. The van der Waals surface area contributed by atoms with Crippen molar-refractivity contribution >= 4 is 11.6 Å². The van der Waals surface area contributed by atoms with E-state index in [0.29, 0.717) is 13.1 Å². The number of aryl methyl sites for hydroxylation is 3. The molecule has 3 heterocycles. The Morgan fingerprint density at radius 1 is 1.20 bits per heavy atom. The summed E-state index contributed by atoms with van der Waals surface area (Å²) in [5, 5.41) is 7.20. The average Bonchev–Trinajstić information content (AvgIpc) is 2.92. The zero-order valence-electron chi connectivity index (χ0n) is 14.4. The molecular formula is C16H22N6O3. The van der Waals surface area contributed by atoms with Crippen molar-refractivity contribution in [3.05, 3.63) is 44.5 Å². The third kappa shape index (κ3) is 3.65. The predicted octanol–water partition coefficient (Wildman–Crippen LogP) is -0.385. The number of nitrogens with zero attached hydrogens (tertiary/aromatic N) is 4. The molecule has 1 amide bonds. The van der Waals surface area contributed by atoms with Gasteiger partial charge >= 0.3 is 5.69 Å². The molecule has 1 saturated heterocycles. The molecule has 2 N–H and O–H groups in total. The number of aromatic amines is 2. The summed E-state index contributed by atoms with van der Waals surface area (Å²) in [6, 6.07) is 1.28. The van der Waals surface area contributed by atoms with Crippen LogP contribution in [0.5, 0.6) is 0 Å². The summed E-state index contributed by atoms with van der Waals surface area (Å²) < 4.78 is 1.34. The molecule has 2 aromatic heterocycles. The van der Waals surface area contributed by atoms with Crippen molar-refractivity contribution in [3.63, 3.8) is 0 Å². The maximum absolute atomic E-state index is 12.4. The van der Waals surface area contributed by atoms with Crippen LogP contribution in [0.2, 0.25) is 0 Å². The van der Waals surface area contributed by atoms with E-state index in [1.54, 1.807) is 0 Å². The van der Waals surface area contributed by atoms with Crippen LogP contribution in [-0.4, -0.2) is 56.7 Å². The van der Waals surface area contributed by atoms with Crippen LogP contribution in [0.15, 0.2) is 21.9 Å². The van der Waals surface area contributed by atoms with Gasteiger partial charge < -0.3 is 14.4 Å². The second-order valence-electron chi connectivity index (χ2n) is 6.20. The molecule has 9 nitrogen and oxygen atoms in total. The number of hydrogen-bond donors (Lipinski definition) is 2. The van der Waals surface area contributed by atoms with Gasteiger partial charge in [0.25, 0.3) is 5.56 Å². The summed E-state index contributed by atoms with van der Waals surface area (Å²) in [4.78, 5) is 41.3. The molecule has 134 valence electrons. The Kier molecular flexibility index (Phi) is 4.73. The van der Waals surface area contributed by atoms with Gasteiger partial charge in [-0.3, -0.25) is 19.7 Å². The molecule has 1 aliphatic heterocycles. The number of hydrogen-bond acceptors (Lipinski definition) is 5. The molecule has 0 atom stereocenters. The van der Waals surface area contributed by atoms with E-state index in [1.807, 2.05) is 18.7 Å². The van der Waals surface area contributed by atoms with E-state index in [-0.39, 0.29) is 18.9 Å². The van der Waals surface area contributed by atoms with Crippen LogP contribution in [0.1, 0.15) is 17.8 Å². The van der Waals surface area contributed by atoms with Crippen LogP contribution in [-0.2, 0) is 11.3 Å². The van der Waals surface area contributed by atoms with Crippen LogP contribution < -0.4 is 16.1 Å². The molecule has 0 unspecified atom stereocenters. The van der Waals surface area contributed by atoms with Crippen LogP contribution in [0.25, 0.3) is 0 Å². The first kappa shape index (κ1) is 17.0. The van der Waals surface area contributed by atoms with Gasteiger partial charge in [0, 0.05) is 51.4 Å². The van der Waals surface area contributed by atoms with Gasteiger partial charge in [-0.2, -0.15) is 5.10 Å². The fraction of sp³-hybridized carbons (Fsp3) is 0.500. The summed E-state index contributed by atoms with van der Waals surface area (Å²) in [6.45, 7) is 7.02. The number of piperazine rings is 1. The Morgan fingerprint density at radius 2 is 1.92 bits per heavy atom.